The number of fused-ring (bicyclic) bond motifs is 2. The average molecular weight is 381 g/mol. The molecule has 1 saturated heterocycles. The van der Waals surface area contributed by atoms with Crippen LogP contribution in [0.1, 0.15) is 18.9 Å². The fourth-order valence-electron chi connectivity index (χ4n) is 4.18. The summed E-state index contributed by atoms with van der Waals surface area (Å²) >= 11 is 0. The second-order valence-corrected chi connectivity index (χ2v) is 7.31. The van der Waals surface area contributed by atoms with E-state index in [4.69, 9.17) is 4.74 Å². The highest BCUT2D eigenvalue weighted by Gasteiger charge is 2.60. The molecule has 0 radical (unpaired) electrons. The van der Waals surface area contributed by atoms with Gasteiger partial charge in [0.05, 0.1) is 19.1 Å². The molecule has 2 aromatic rings. The van der Waals surface area contributed by atoms with Crippen LogP contribution in [-0.4, -0.2) is 36.2 Å². The molecule has 2 aliphatic heterocycles. The van der Waals surface area contributed by atoms with Gasteiger partial charge < -0.3 is 20.5 Å². The first-order valence-electron chi connectivity index (χ1n) is 9.27. The molecule has 0 unspecified atom stereocenters. The van der Waals surface area contributed by atoms with Gasteiger partial charge in [0.25, 0.3) is 0 Å². The number of aliphatic hydroxyl groups is 1. The van der Waals surface area contributed by atoms with E-state index in [0.29, 0.717) is 23.5 Å². The highest BCUT2D eigenvalue weighted by molar-refractivity contribution is 6.10. The molecule has 146 valence electrons. The van der Waals surface area contributed by atoms with E-state index in [-0.39, 0.29) is 17.9 Å². The van der Waals surface area contributed by atoms with Crippen molar-refractivity contribution in [3.63, 3.8) is 0 Å². The number of ether oxygens (including phenoxy) is 1. The summed E-state index contributed by atoms with van der Waals surface area (Å²) in [6.07, 6.45) is -0.349. The van der Waals surface area contributed by atoms with Crippen LogP contribution in [0.15, 0.2) is 48.5 Å². The number of benzene rings is 2. The van der Waals surface area contributed by atoms with Crippen LogP contribution in [0.4, 0.5) is 11.4 Å². The molecule has 4 atom stereocenters. The summed E-state index contributed by atoms with van der Waals surface area (Å²) in [6, 6.07) is 14.0. The summed E-state index contributed by atoms with van der Waals surface area (Å²) in [5.41, 5.74) is 0.842. The second kappa shape index (κ2) is 6.92. The molecule has 0 bridgehead atoms. The predicted molar refractivity (Wildman–Crippen MR) is 105 cm³/mol. The Hall–Kier alpha value is -2.90. The Kier molecular flexibility index (Phi) is 4.56. The van der Waals surface area contributed by atoms with E-state index in [9.17, 15) is 14.7 Å². The summed E-state index contributed by atoms with van der Waals surface area (Å²) < 4.78 is 5.14. The van der Waals surface area contributed by atoms with Crippen molar-refractivity contribution in [3.05, 3.63) is 54.1 Å². The number of para-hydroxylation sites is 1. The normalized spacial score (nSPS) is 26.6. The molecular weight excluding hydrogens is 358 g/mol. The Morgan fingerprint density at radius 3 is 2.64 bits per heavy atom. The summed E-state index contributed by atoms with van der Waals surface area (Å²) in [7, 11) is 1.58. The quantitative estimate of drug-likeness (QED) is 0.648. The molecule has 28 heavy (non-hydrogen) atoms. The van der Waals surface area contributed by atoms with Crippen molar-refractivity contribution in [2.75, 3.05) is 17.7 Å². The maximum absolute atomic E-state index is 13.2. The third-order valence-electron chi connectivity index (χ3n) is 5.64. The van der Waals surface area contributed by atoms with Crippen molar-refractivity contribution in [3.8, 4) is 5.75 Å². The zero-order valence-corrected chi connectivity index (χ0v) is 15.7. The zero-order chi connectivity index (χ0) is 19.9. The largest absolute Gasteiger partial charge is 0.497 e. The topological polar surface area (TPSA) is 99.7 Å². The van der Waals surface area contributed by atoms with Crippen LogP contribution >= 0.6 is 0 Å². The molecule has 1 spiro atoms. The Balaban J connectivity index is 1.69. The number of rotatable bonds is 4. The molecule has 1 fully saturated rings. The lowest BCUT2D eigenvalue weighted by Crippen LogP contribution is -2.53. The fourth-order valence-corrected chi connectivity index (χ4v) is 4.18. The standard InChI is InChI=1S/C21H23N3O4/c1-12(25)18-11-16(19(26)22-13-7-9-14(28-2)10-8-13)21(24-18)15-5-3-4-6-17(15)23-20(21)27/h3-10,12,16,18,24-25H,11H2,1-2H3,(H,22,26)(H,23,27)/t12-,16-,18+,21-/m0/s1. The van der Waals surface area contributed by atoms with Gasteiger partial charge in [0.15, 0.2) is 0 Å². The minimum absolute atomic E-state index is 0.271. The Morgan fingerprint density at radius 2 is 1.96 bits per heavy atom. The number of hydrogen-bond acceptors (Lipinski definition) is 5. The monoisotopic (exact) mass is 381 g/mol. The van der Waals surface area contributed by atoms with Gasteiger partial charge in [-0.25, -0.2) is 0 Å². The van der Waals surface area contributed by atoms with Gasteiger partial charge >= 0.3 is 0 Å². The SMILES string of the molecule is COc1ccc(NC(=O)[C@@H]2C[C@H]([C@H](C)O)N[C@]23C(=O)Nc2ccccc23)cc1. The van der Waals surface area contributed by atoms with Gasteiger partial charge in [-0.05, 0) is 43.7 Å². The van der Waals surface area contributed by atoms with Gasteiger partial charge in [-0.3, -0.25) is 14.9 Å². The molecule has 4 rings (SSSR count). The minimum atomic E-state index is -1.20. The maximum atomic E-state index is 13.2. The van der Waals surface area contributed by atoms with E-state index >= 15 is 0 Å². The lowest BCUT2D eigenvalue weighted by atomic mass is 9.79. The van der Waals surface area contributed by atoms with E-state index in [1.165, 1.54) is 0 Å². The molecule has 0 aromatic heterocycles. The zero-order valence-electron chi connectivity index (χ0n) is 15.7. The van der Waals surface area contributed by atoms with Gasteiger partial charge in [0.1, 0.15) is 11.3 Å². The number of anilines is 2. The van der Waals surface area contributed by atoms with Gasteiger partial charge in [0, 0.05) is 23.0 Å². The van der Waals surface area contributed by atoms with Gasteiger partial charge in [-0.15, -0.1) is 0 Å². The molecule has 2 amide bonds. The van der Waals surface area contributed by atoms with Gasteiger partial charge in [-0.1, -0.05) is 18.2 Å². The molecule has 2 aromatic carbocycles. The molecule has 2 aliphatic rings. The Morgan fingerprint density at radius 1 is 1.25 bits per heavy atom. The third kappa shape index (κ3) is 2.83. The van der Waals surface area contributed by atoms with E-state index in [1.54, 1.807) is 38.3 Å². The van der Waals surface area contributed by atoms with Crippen molar-refractivity contribution < 1.29 is 19.4 Å². The Bertz CT molecular complexity index is 912. The lowest BCUT2D eigenvalue weighted by molar-refractivity contribution is -0.130. The first kappa shape index (κ1) is 18.5. The number of aliphatic hydroxyl groups excluding tert-OH is 1. The smallest absolute Gasteiger partial charge is 0.250 e. The van der Waals surface area contributed by atoms with Crippen LogP contribution in [0.25, 0.3) is 0 Å². The fraction of sp³-hybridized carbons (Fsp3) is 0.333. The van der Waals surface area contributed by atoms with Crippen LogP contribution in [0.5, 0.6) is 5.75 Å². The lowest BCUT2D eigenvalue weighted by Gasteiger charge is -2.29. The van der Waals surface area contributed by atoms with E-state index in [0.717, 1.165) is 5.56 Å². The van der Waals surface area contributed by atoms with Crippen molar-refractivity contribution in [2.45, 2.75) is 31.0 Å². The van der Waals surface area contributed by atoms with Crippen molar-refractivity contribution in [1.82, 2.24) is 5.32 Å². The van der Waals surface area contributed by atoms with Crippen LogP contribution in [0.3, 0.4) is 0 Å². The first-order valence-corrected chi connectivity index (χ1v) is 9.27. The van der Waals surface area contributed by atoms with Gasteiger partial charge in [-0.2, -0.15) is 0 Å². The number of nitrogens with one attached hydrogen (secondary N) is 3. The number of carbonyl (C=O) groups excluding carboxylic acids is 2. The Labute approximate surface area is 163 Å². The van der Waals surface area contributed by atoms with Crippen LogP contribution < -0.4 is 20.7 Å². The highest BCUT2D eigenvalue weighted by atomic mass is 16.5. The molecule has 7 nitrogen and oxygen atoms in total. The minimum Gasteiger partial charge on any atom is -0.497 e. The molecule has 4 N–H and O–H groups in total. The van der Waals surface area contributed by atoms with Crippen molar-refractivity contribution in [2.24, 2.45) is 5.92 Å². The number of carbonyl (C=O) groups is 2. The molecule has 7 heteroatoms. The average Bonchev–Trinajstić information content (AvgIpc) is 3.23. The van der Waals surface area contributed by atoms with Crippen LogP contribution in [0, 0.1) is 5.92 Å². The second-order valence-electron chi connectivity index (χ2n) is 7.31. The van der Waals surface area contributed by atoms with E-state index in [1.807, 2.05) is 24.3 Å². The first-order chi connectivity index (χ1) is 13.5. The van der Waals surface area contributed by atoms with E-state index in [2.05, 4.69) is 16.0 Å². The van der Waals surface area contributed by atoms with Crippen molar-refractivity contribution >= 4 is 23.2 Å². The van der Waals surface area contributed by atoms with Gasteiger partial charge in [0.2, 0.25) is 11.8 Å². The molecule has 0 saturated carbocycles. The van der Waals surface area contributed by atoms with Crippen LogP contribution in [0.2, 0.25) is 0 Å². The van der Waals surface area contributed by atoms with E-state index < -0.39 is 17.6 Å². The number of hydrogen-bond donors (Lipinski definition) is 4. The molecule has 0 aliphatic carbocycles. The van der Waals surface area contributed by atoms with Crippen LogP contribution in [-0.2, 0) is 15.1 Å². The summed E-state index contributed by atoms with van der Waals surface area (Å²) in [5.74, 6) is -0.521. The van der Waals surface area contributed by atoms with Crippen molar-refractivity contribution in [1.29, 1.82) is 0 Å². The molecule has 2 heterocycles. The molecular formula is C21H23N3O4. The summed E-state index contributed by atoms with van der Waals surface area (Å²) in [6.45, 7) is 1.66. The highest BCUT2D eigenvalue weighted by Crippen LogP contribution is 2.47. The third-order valence-corrected chi connectivity index (χ3v) is 5.64. The predicted octanol–water partition coefficient (Wildman–Crippen LogP) is 1.84. The number of amides is 2. The summed E-state index contributed by atoms with van der Waals surface area (Å²) in [4.78, 5) is 26.2. The summed E-state index contributed by atoms with van der Waals surface area (Å²) in [5, 5.41) is 19.2. The maximum Gasteiger partial charge on any atom is 0.250 e. The number of methoxy groups -OCH3 is 1.